The summed E-state index contributed by atoms with van der Waals surface area (Å²) in [6.45, 7) is 3.97. The predicted molar refractivity (Wildman–Crippen MR) is 107 cm³/mol. The van der Waals surface area contributed by atoms with Gasteiger partial charge in [-0.3, -0.25) is 0 Å². The minimum atomic E-state index is 0.193. The molecule has 136 valence electrons. The number of methoxy groups -OCH3 is 2. The van der Waals surface area contributed by atoms with Crippen molar-refractivity contribution < 1.29 is 9.47 Å². The van der Waals surface area contributed by atoms with Crippen molar-refractivity contribution in [2.24, 2.45) is 0 Å². The number of benzene rings is 2. The van der Waals surface area contributed by atoms with Crippen LogP contribution in [-0.2, 0) is 0 Å². The molecule has 0 unspecified atom stereocenters. The molecule has 0 aliphatic rings. The quantitative estimate of drug-likeness (QED) is 0.741. The lowest BCUT2D eigenvalue weighted by Gasteiger charge is -2.18. The molecule has 1 aromatic heterocycles. The fourth-order valence-electron chi connectivity index (χ4n) is 3.22. The number of nitrogens with zero attached hydrogens (tertiary/aromatic N) is 2. The van der Waals surface area contributed by atoms with Gasteiger partial charge in [0, 0.05) is 16.7 Å². The number of rotatable bonds is 4. The molecule has 0 aliphatic heterocycles. The van der Waals surface area contributed by atoms with E-state index in [9.17, 15) is 5.26 Å². The molecule has 2 aromatic carbocycles. The van der Waals surface area contributed by atoms with Crippen LogP contribution in [0.5, 0.6) is 11.5 Å². The van der Waals surface area contributed by atoms with Crippen LogP contribution in [0.4, 0.5) is 5.82 Å². The van der Waals surface area contributed by atoms with Crippen LogP contribution in [0.1, 0.15) is 16.7 Å². The van der Waals surface area contributed by atoms with Gasteiger partial charge in [0.2, 0.25) is 0 Å². The number of para-hydroxylation sites is 1. The second-order valence-electron chi connectivity index (χ2n) is 6.24. The third kappa shape index (κ3) is 3.18. The summed E-state index contributed by atoms with van der Waals surface area (Å²) >= 11 is 0. The molecule has 0 radical (unpaired) electrons. The van der Waals surface area contributed by atoms with Crippen LogP contribution in [0.25, 0.3) is 22.4 Å². The first-order chi connectivity index (χ1) is 13.0. The molecule has 0 saturated carbocycles. The van der Waals surface area contributed by atoms with Crippen molar-refractivity contribution in [1.29, 1.82) is 5.26 Å². The third-order valence-corrected chi connectivity index (χ3v) is 4.58. The number of nitrogens with two attached hydrogens (primary N) is 1. The van der Waals surface area contributed by atoms with Crippen molar-refractivity contribution in [2.45, 2.75) is 13.8 Å². The van der Waals surface area contributed by atoms with E-state index in [1.807, 2.05) is 56.3 Å². The van der Waals surface area contributed by atoms with Crippen LogP contribution in [0, 0.1) is 25.2 Å². The zero-order valence-electron chi connectivity index (χ0n) is 15.8. The van der Waals surface area contributed by atoms with Gasteiger partial charge in [0.15, 0.2) is 11.5 Å². The zero-order chi connectivity index (χ0) is 19.6. The van der Waals surface area contributed by atoms with Gasteiger partial charge < -0.3 is 15.2 Å². The molecule has 3 rings (SSSR count). The van der Waals surface area contributed by atoms with Crippen LogP contribution < -0.4 is 15.2 Å². The molecule has 0 spiro atoms. The van der Waals surface area contributed by atoms with E-state index in [1.54, 1.807) is 14.2 Å². The Labute approximate surface area is 159 Å². The summed E-state index contributed by atoms with van der Waals surface area (Å²) in [6.07, 6.45) is 0. The monoisotopic (exact) mass is 359 g/mol. The van der Waals surface area contributed by atoms with Gasteiger partial charge >= 0.3 is 0 Å². The number of pyridine rings is 1. The molecule has 2 N–H and O–H groups in total. The van der Waals surface area contributed by atoms with E-state index in [0.29, 0.717) is 22.6 Å². The molecule has 0 aliphatic carbocycles. The van der Waals surface area contributed by atoms with Gasteiger partial charge in [-0.05, 0) is 25.5 Å². The maximum atomic E-state index is 9.73. The molecular formula is C22H21N3O2. The summed E-state index contributed by atoms with van der Waals surface area (Å²) in [7, 11) is 3.16. The minimum absolute atomic E-state index is 0.193. The Balaban J connectivity index is 2.37. The summed E-state index contributed by atoms with van der Waals surface area (Å²) in [5, 5.41) is 9.73. The second-order valence-corrected chi connectivity index (χ2v) is 6.24. The van der Waals surface area contributed by atoms with E-state index in [4.69, 9.17) is 15.2 Å². The van der Waals surface area contributed by atoms with Gasteiger partial charge in [0.05, 0.1) is 19.9 Å². The molecule has 0 amide bonds. The topological polar surface area (TPSA) is 81.2 Å². The first-order valence-electron chi connectivity index (χ1n) is 8.50. The Hall–Kier alpha value is -3.52. The summed E-state index contributed by atoms with van der Waals surface area (Å²) in [5.41, 5.74) is 11.6. The maximum absolute atomic E-state index is 9.73. The highest BCUT2D eigenvalue weighted by molar-refractivity contribution is 5.87. The number of nitrogen functional groups attached to an aromatic ring is 1. The average Bonchev–Trinajstić information content (AvgIpc) is 2.69. The number of anilines is 1. The highest BCUT2D eigenvalue weighted by atomic mass is 16.5. The largest absolute Gasteiger partial charge is 0.493 e. The number of aryl methyl sites for hydroxylation is 1. The highest BCUT2D eigenvalue weighted by Gasteiger charge is 2.22. The molecule has 3 aromatic rings. The fraction of sp³-hybridized carbons (Fsp3) is 0.182. The third-order valence-electron chi connectivity index (χ3n) is 4.58. The zero-order valence-corrected chi connectivity index (χ0v) is 15.8. The number of nitriles is 1. The van der Waals surface area contributed by atoms with Crippen LogP contribution >= 0.6 is 0 Å². The molecular weight excluding hydrogens is 338 g/mol. The van der Waals surface area contributed by atoms with E-state index in [-0.39, 0.29) is 5.82 Å². The average molecular weight is 359 g/mol. The molecule has 0 saturated heterocycles. The number of hydrogen-bond acceptors (Lipinski definition) is 5. The Morgan fingerprint density at radius 3 is 2.30 bits per heavy atom. The van der Waals surface area contributed by atoms with Crippen LogP contribution in [0.15, 0.2) is 42.5 Å². The van der Waals surface area contributed by atoms with Gasteiger partial charge in [0.25, 0.3) is 0 Å². The lowest BCUT2D eigenvalue weighted by atomic mass is 9.92. The summed E-state index contributed by atoms with van der Waals surface area (Å²) in [6, 6.07) is 15.8. The molecule has 27 heavy (non-hydrogen) atoms. The lowest BCUT2D eigenvalue weighted by Crippen LogP contribution is -2.04. The van der Waals surface area contributed by atoms with Crippen molar-refractivity contribution in [3.63, 3.8) is 0 Å². The van der Waals surface area contributed by atoms with E-state index in [2.05, 4.69) is 11.1 Å². The number of ether oxygens (including phenoxy) is 2. The first kappa shape index (κ1) is 18.3. The molecule has 0 bridgehead atoms. The van der Waals surface area contributed by atoms with E-state index >= 15 is 0 Å². The highest BCUT2D eigenvalue weighted by Crippen LogP contribution is 2.43. The minimum Gasteiger partial charge on any atom is -0.493 e. The van der Waals surface area contributed by atoms with E-state index in [1.165, 1.54) is 0 Å². The summed E-state index contributed by atoms with van der Waals surface area (Å²) in [5.74, 6) is 1.34. The Bertz CT molecular complexity index is 1030. The molecule has 0 atom stereocenters. The van der Waals surface area contributed by atoms with Crippen molar-refractivity contribution in [1.82, 2.24) is 4.98 Å². The van der Waals surface area contributed by atoms with E-state index < -0.39 is 0 Å². The predicted octanol–water partition coefficient (Wildman–Crippen LogP) is 4.50. The summed E-state index contributed by atoms with van der Waals surface area (Å²) in [4.78, 5) is 4.51. The van der Waals surface area contributed by atoms with Crippen LogP contribution in [-0.4, -0.2) is 19.2 Å². The van der Waals surface area contributed by atoms with Crippen LogP contribution in [0.3, 0.4) is 0 Å². The van der Waals surface area contributed by atoms with Crippen molar-refractivity contribution in [3.05, 3.63) is 59.2 Å². The molecule has 5 nitrogen and oxygen atoms in total. The first-order valence-corrected chi connectivity index (χ1v) is 8.50. The maximum Gasteiger partial charge on any atom is 0.168 e. The smallest absolute Gasteiger partial charge is 0.168 e. The van der Waals surface area contributed by atoms with Gasteiger partial charge in [-0.1, -0.05) is 42.0 Å². The van der Waals surface area contributed by atoms with Gasteiger partial charge in [-0.2, -0.15) is 5.26 Å². The molecule has 5 heteroatoms. The van der Waals surface area contributed by atoms with Gasteiger partial charge in [0.1, 0.15) is 17.5 Å². The number of aromatic nitrogens is 1. The summed E-state index contributed by atoms with van der Waals surface area (Å²) < 4.78 is 11.0. The standard InChI is InChI=1S/C22H21N3O2/c1-13-8-10-15(11-9-13)20-14(2)19(17(12-23)22(24)25-20)16-6-5-7-18(26-3)21(16)27-4/h5-11H,1-4H3,(H2,24,25). The van der Waals surface area contributed by atoms with Crippen molar-refractivity contribution in [2.75, 3.05) is 20.0 Å². The van der Waals surface area contributed by atoms with Crippen LogP contribution in [0.2, 0.25) is 0 Å². The normalized spacial score (nSPS) is 10.3. The number of hydrogen-bond donors (Lipinski definition) is 1. The SMILES string of the molecule is COc1cccc(-c2c(C)c(-c3ccc(C)cc3)nc(N)c2C#N)c1OC. The Morgan fingerprint density at radius 1 is 1.00 bits per heavy atom. The lowest BCUT2D eigenvalue weighted by molar-refractivity contribution is 0.356. The molecule has 0 fully saturated rings. The van der Waals surface area contributed by atoms with Crippen molar-refractivity contribution in [3.8, 4) is 40.0 Å². The fourth-order valence-corrected chi connectivity index (χ4v) is 3.22. The molecule has 1 heterocycles. The Kier molecular flexibility index (Phi) is 5.00. The Morgan fingerprint density at radius 2 is 1.70 bits per heavy atom. The second kappa shape index (κ2) is 7.38. The van der Waals surface area contributed by atoms with E-state index in [0.717, 1.165) is 27.9 Å². The van der Waals surface area contributed by atoms with Gasteiger partial charge in [-0.15, -0.1) is 0 Å². The van der Waals surface area contributed by atoms with Crippen molar-refractivity contribution >= 4 is 5.82 Å². The van der Waals surface area contributed by atoms with Gasteiger partial charge in [-0.25, -0.2) is 4.98 Å².